The van der Waals surface area contributed by atoms with E-state index in [2.05, 4.69) is 15.5 Å². The molecular formula is C19H13N5O. The van der Waals surface area contributed by atoms with Gasteiger partial charge in [-0.25, -0.2) is 0 Å². The zero-order valence-corrected chi connectivity index (χ0v) is 13.4. The summed E-state index contributed by atoms with van der Waals surface area (Å²) in [6.07, 6.45) is 1.35. The number of rotatable bonds is 4. The van der Waals surface area contributed by atoms with Crippen LogP contribution in [-0.2, 0) is 0 Å². The summed E-state index contributed by atoms with van der Waals surface area (Å²) in [4.78, 5) is 4.45. The van der Waals surface area contributed by atoms with Crippen molar-refractivity contribution in [3.63, 3.8) is 0 Å². The Morgan fingerprint density at radius 2 is 1.92 bits per heavy atom. The molecule has 3 aromatic rings. The van der Waals surface area contributed by atoms with Crippen molar-refractivity contribution >= 4 is 5.69 Å². The zero-order valence-electron chi connectivity index (χ0n) is 13.4. The number of nitriles is 2. The molecular weight excluding hydrogens is 314 g/mol. The van der Waals surface area contributed by atoms with E-state index in [0.29, 0.717) is 17.4 Å². The molecule has 25 heavy (non-hydrogen) atoms. The van der Waals surface area contributed by atoms with Crippen molar-refractivity contribution < 1.29 is 4.52 Å². The summed E-state index contributed by atoms with van der Waals surface area (Å²) in [5.41, 5.74) is 3.42. The maximum absolute atomic E-state index is 8.76. The second kappa shape index (κ2) is 7.12. The summed E-state index contributed by atoms with van der Waals surface area (Å²) >= 11 is 0. The highest BCUT2D eigenvalue weighted by Crippen LogP contribution is 2.25. The lowest BCUT2D eigenvalue weighted by Crippen LogP contribution is -1.90. The topological polar surface area (TPSA) is 98.5 Å². The monoisotopic (exact) mass is 327 g/mol. The van der Waals surface area contributed by atoms with Gasteiger partial charge in [-0.15, -0.1) is 0 Å². The fraction of sp³-hybridized carbons (Fsp3) is 0.0526. The van der Waals surface area contributed by atoms with Gasteiger partial charge in [-0.05, 0) is 30.7 Å². The van der Waals surface area contributed by atoms with Crippen LogP contribution in [0.5, 0.6) is 0 Å². The third kappa shape index (κ3) is 3.54. The molecule has 6 heteroatoms. The predicted molar refractivity (Wildman–Crippen MR) is 92.8 cm³/mol. The fourth-order valence-corrected chi connectivity index (χ4v) is 2.26. The van der Waals surface area contributed by atoms with E-state index in [1.165, 1.54) is 6.20 Å². The summed E-state index contributed by atoms with van der Waals surface area (Å²) in [5.74, 6) is 0.925. The number of aromatic nitrogens is 2. The highest BCUT2D eigenvalue weighted by Gasteiger charge is 2.12. The normalized spacial score (nSPS) is 9.72. The molecule has 0 saturated carbocycles. The van der Waals surface area contributed by atoms with Gasteiger partial charge in [-0.1, -0.05) is 35.5 Å². The van der Waals surface area contributed by atoms with Crippen molar-refractivity contribution in [2.45, 2.75) is 6.92 Å². The minimum absolute atomic E-state index is 0.00923. The number of nitrogens with one attached hydrogen (secondary N) is 1. The lowest BCUT2D eigenvalue weighted by atomic mass is 10.1. The highest BCUT2D eigenvalue weighted by atomic mass is 16.5. The van der Waals surface area contributed by atoms with E-state index in [0.717, 1.165) is 16.7 Å². The molecule has 0 aliphatic carbocycles. The van der Waals surface area contributed by atoms with E-state index in [9.17, 15) is 0 Å². The lowest BCUT2D eigenvalue weighted by molar-refractivity contribution is 0.432. The van der Waals surface area contributed by atoms with Crippen molar-refractivity contribution in [1.29, 1.82) is 10.5 Å². The summed E-state index contributed by atoms with van der Waals surface area (Å²) in [6, 6.07) is 18.7. The van der Waals surface area contributed by atoms with Gasteiger partial charge in [0.25, 0.3) is 5.89 Å². The van der Waals surface area contributed by atoms with Crippen LogP contribution in [0.25, 0.3) is 22.8 Å². The molecule has 0 unspecified atom stereocenters. The smallest absolute Gasteiger partial charge is 0.258 e. The van der Waals surface area contributed by atoms with Gasteiger partial charge in [0, 0.05) is 23.0 Å². The molecule has 3 rings (SSSR count). The number of allylic oxidation sites excluding steroid dienone is 1. The summed E-state index contributed by atoms with van der Waals surface area (Å²) in [5, 5.41) is 24.5. The first-order valence-electron chi connectivity index (χ1n) is 7.48. The molecule has 2 aromatic carbocycles. The van der Waals surface area contributed by atoms with Crippen LogP contribution in [0, 0.1) is 29.6 Å². The van der Waals surface area contributed by atoms with Gasteiger partial charge in [-0.3, -0.25) is 0 Å². The van der Waals surface area contributed by atoms with Crippen molar-refractivity contribution in [2.24, 2.45) is 0 Å². The van der Waals surface area contributed by atoms with Crippen LogP contribution in [0.15, 0.2) is 64.8 Å². The number of nitrogens with zero attached hydrogens (tertiary/aromatic N) is 4. The van der Waals surface area contributed by atoms with Crippen molar-refractivity contribution in [3.8, 4) is 35.0 Å². The highest BCUT2D eigenvalue weighted by molar-refractivity contribution is 5.65. The standard InChI is InChI=1S/C19H13N5O/c1-13-5-2-3-8-17(13)18-23-19(25-24-18)15-6-4-7-16(9-15)22-12-14(10-20)11-21/h2-9,12,22H,1H3. The SMILES string of the molecule is Cc1ccccc1-c1noc(-c2cccc(NC=C(C#N)C#N)c2)n1. The molecule has 0 aliphatic rings. The predicted octanol–water partition coefficient (Wildman–Crippen LogP) is 4.05. The Labute approximate surface area is 144 Å². The Morgan fingerprint density at radius 3 is 2.68 bits per heavy atom. The quantitative estimate of drug-likeness (QED) is 0.726. The van der Waals surface area contributed by atoms with E-state index in [1.807, 2.05) is 49.4 Å². The number of benzene rings is 2. The molecule has 0 saturated heterocycles. The Balaban J connectivity index is 1.88. The van der Waals surface area contributed by atoms with Gasteiger partial charge in [0.15, 0.2) is 0 Å². The van der Waals surface area contributed by atoms with Gasteiger partial charge in [0.1, 0.15) is 17.7 Å². The second-order valence-corrected chi connectivity index (χ2v) is 5.24. The minimum Gasteiger partial charge on any atom is -0.360 e. The van der Waals surface area contributed by atoms with Crippen LogP contribution in [-0.4, -0.2) is 10.1 Å². The van der Waals surface area contributed by atoms with Crippen LogP contribution in [0.1, 0.15) is 5.56 Å². The Bertz CT molecular complexity index is 1000. The van der Waals surface area contributed by atoms with E-state index < -0.39 is 0 Å². The van der Waals surface area contributed by atoms with Crippen LogP contribution in [0.3, 0.4) is 0 Å². The summed E-state index contributed by atoms with van der Waals surface area (Å²) in [7, 11) is 0. The lowest BCUT2D eigenvalue weighted by Gasteiger charge is -2.02. The van der Waals surface area contributed by atoms with Crippen molar-refractivity contribution in [2.75, 3.05) is 5.32 Å². The second-order valence-electron chi connectivity index (χ2n) is 5.24. The molecule has 1 aromatic heterocycles. The molecule has 6 nitrogen and oxygen atoms in total. The van der Waals surface area contributed by atoms with Gasteiger partial charge >= 0.3 is 0 Å². The minimum atomic E-state index is -0.00923. The summed E-state index contributed by atoms with van der Waals surface area (Å²) < 4.78 is 5.37. The first kappa shape index (κ1) is 16.0. The van der Waals surface area contributed by atoms with E-state index >= 15 is 0 Å². The number of hydrogen-bond acceptors (Lipinski definition) is 6. The van der Waals surface area contributed by atoms with Crippen LogP contribution in [0.2, 0.25) is 0 Å². The van der Waals surface area contributed by atoms with Crippen molar-refractivity contribution in [3.05, 3.63) is 65.9 Å². The molecule has 0 spiro atoms. The van der Waals surface area contributed by atoms with Crippen LogP contribution < -0.4 is 5.32 Å². The third-order valence-corrected chi connectivity index (χ3v) is 3.55. The number of aryl methyl sites for hydroxylation is 1. The summed E-state index contributed by atoms with van der Waals surface area (Å²) in [6.45, 7) is 1.99. The number of anilines is 1. The molecule has 0 bridgehead atoms. The van der Waals surface area contributed by atoms with Gasteiger partial charge < -0.3 is 9.84 Å². The molecule has 0 aliphatic heterocycles. The van der Waals surface area contributed by atoms with Crippen LogP contribution >= 0.6 is 0 Å². The average molecular weight is 327 g/mol. The van der Waals surface area contributed by atoms with Gasteiger partial charge in [0.05, 0.1) is 0 Å². The average Bonchev–Trinajstić information content (AvgIpc) is 3.13. The molecule has 1 N–H and O–H groups in total. The van der Waals surface area contributed by atoms with Crippen molar-refractivity contribution in [1.82, 2.24) is 10.1 Å². The van der Waals surface area contributed by atoms with Gasteiger partial charge in [0.2, 0.25) is 5.82 Å². The molecule has 0 radical (unpaired) electrons. The van der Waals surface area contributed by atoms with E-state index in [-0.39, 0.29) is 5.57 Å². The molecule has 0 atom stereocenters. The largest absolute Gasteiger partial charge is 0.360 e. The first-order valence-corrected chi connectivity index (χ1v) is 7.48. The maximum atomic E-state index is 8.76. The molecule has 0 fully saturated rings. The zero-order chi connectivity index (χ0) is 17.6. The fourth-order valence-electron chi connectivity index (χ4n) is 2.26. The Morgan fingerprint density at radius 1 is 1.12 bits per heavy atom. The first-order chi connectivity index (χ1) is 12.2. The van der Waals surface area contributed by atoms with E-state index in [1.54, 1.807) is 18.2 Å². The van der Waals surface area contributed by atoms with Crippen LogP contribution in [0.4, 0.5) is 5.69 Å². The number of hydrogen-bond donors (Lipinski definition) is 1. The molecule has 120 valence electrons. The van der Waals surface area contributed by atoms with Gasteiger partial charge in [-0.2, -0.15) is 15.5 Å². The Hall–Kier alpha value is -3.90. The third-order valence-electron chi connectivity index (χ3n) is 3.55. The molecule has 0 amide bonds. The Kier molecular flexibility index (Phi) is 4.55. The van der Waals surface area contributed by atoms with E-state index in [4.69, 9.17) is 15.0 Å². The molecule has 1 heterocycles. The maximum Gasteiger partial charge on any atom is 0.258 e.